The lowest BCUT2D eigenvalue weighted by atomic mass is 9.59. The zero-order chi connectivity index (χ0) is 15.2. The van der Waals surface area contributed by atoms with Crippen LogP contribution in [-0.4, -0.2) is 29.1 Å². The van der Waals surface area contributed by atoms with Crippen molar-refractivity contribution in [3.63, 3.8) is 0 Å². The van der Waals surface area contributed by atoms with Gasteiger partial charge in [0.1, 0.15) is 5.75 Å². The molecule has 3 rings (SSSR count). The maximum absolute atomic E-state index is 9.87. The Hall–Kier alpha value is -0.990. The smallest absolute Gasteiger partial charge is 0.115 e. The molecule has 0 unspecified atom stereocenters. The first kappa shape index (κ1) is 17.4. The summed E-state index contributed by atoms with van der Waals surface area (Å²) in [5, 5.41) is 9.87. The van der Waals surface area contributed by atoms with E-state index in [1.165, 1.54) is 23.1 Å². The predicted octanol–water partition coefficient (Wildman–Crippen LogP) is 4.30. The largest absolute Gasteiger partial charge is 0.508 e. The Morgan fingerprint density at radius 2 is 2.14 bits per heavy atom. The van der Waals surface area contributed by atoms with Crippen molar-refractivity contribution in [2.45, 2.75) is 52.0 Å². The normalized spacial score (nSPS) is 30.2. The number of fused-ring (bicyclic) bond motifs is 4. The van der Waals surface area contributed by atoms with Crippen molar-refractivity contribution in [3.8, 4) is 5.75 Å². The van der Waals surface area contributed by atoms with Gasteiger partial charge < -0.3 is 5.11 Å². The van der Waals surface area contributed by atoms with Crippen LogP contribution in [0.4, 0.5) is 0 Å². The number of benzene rings is 1. The Labute approximate surface area is 140 Å². The van der Waals surface area contributed by atoms with Gasteiger partial charge in [-0.25, -0.2) is 0 Å². The Morgan fingerprint density at radius 1 is 1.41 bits per heavy atom. The van der Waals surface area contributed by atoms with Crippen LogP contribution in [0.3, 0.4) is 0 Å². The Morgan fingerprint density at radius 3 is 2.82 bits per heavy atom. The van der Waals surface area contributed by atoms with Gasteiger partial charge in [-0.15, -0.1) is 12.4 Å². The molecule has 1 heterocycles. The molecule has 1 aliphatic heterocycles. The average molecular weight is 322 g/mol. The van der Waals surface area contributed by atoms with Gasteiger partial charge in [0.2, 0.25) is 0 Å². The lowest BCUT2D eigenvalue weighted by Crippen LogP contribution is -2.57. The molecule has 0 spiro atoms. The second-order valence-electron chi connectivity index (χ2n) is 7.35. The number of hydrogen-bond acceptors (Lipinski definition) is 2. The highest BCUT2D eigenvalue weighted by molar-refractivity contribution is 5.85. The Kier molecular flexibility index (Phi) is 4.93. The average Bonchev–Trinajstić information content (AvgIpc) is 2.43. The number of phenols is 1. The zero-order valence-electron chi connectivity index (χ0n) is 14.1. The third-order valence-electron chi connectivity index (χ3n) is 5.84. The molecule has 1 aliphatic carbocycles. The molecule has 1 saturated heterocycles. The highest BCUT2D eigenvalue weighted by Gasteiger charge is 2.48. The maximum Gasteiger partial charge on any atom is 0.115 e. The molecule has 0 amide bonds. The monoisotopic (exact) mass is 321 g/mol. The van der Waals surface area contributed by atoms with E-state index in [0.29, 0.717) is 17.7 Å². The lowest BCUT2D eigenvalue weighted by Gasteiger charge is -2.54. The van der Waals surface area contributed by atoms with E-state index in [9.17, 15) is 5.11 Å². The lowest BCUT2D eigenvalue weighted by molar-refractivity contribution is 0.0397. The summed E-state index contributed by atoms with van der Waals surface area (Å²) in [6.07, 6.45) is 4.64. The fourth-order valence-corrected chi connectivity index (χ4v) is 4.22. The van der Waals surface area contributed by atoms with Gasteiger partial charge in [0.15, 0.2) is 0 Å². The van der Waals surface area contributed by atoms with Crippen molar-refractivity contribution in [2.75, 3.05) is 13.1 Å². The Balaban J connectivity index is 0.00000176. The van der Waals surface area contributed by atoms with Crippen LogP contribution in [0.2, 0.25) is 0 Å². The first-order chi connectivity index (χ1) is 9.91. The minimum Gasteiger partial charge on any atom is -0.508 e. The number of aromatic hydroxyl groups is 1. The van der Waals surface area contributed by atoms with Crippen LogP contribution in [0.1, 0.15) is 45.2 Å². The van der Waals surface area contributed by atoms with Crippen molar-refractivity contribution >= 4 is 12.4 Å². The number of likely N-dealkylation sites (tertiary alicyclic amines) is 1. The number of halogens is 1. The van der Waals surface area contributed by atoms with Gasteiger partial charge in [0, 0.05) is 12.6 Å². The second-order valence-corrected chi connectivity index (χ2v) is 7.35. The molecule has 3 atom stereocenters. The van der Waals surface area contributed by atoms with E-state index in [-0.39, 0.29) is 17.8 Å². The van der Waals surface area contributed by atoms with Crippen molar-refractivity contribution in [3.05, 3.63) is 41.0 Å². The summed E-state index contributed by atoms with van der Waals surface area (Å²) in [4.78, 5) is 2.65. The summed E-state index contributed by atoms with van der Waals surface area (Å²) >= 11 is 0. The predicted molar refractivity (Wildman–Crippen MR) is 95.0 cm³/mol. The van der Waals surface area contributed by atoms with Gasteiger partial charge in [-0.3, -0.25) is 4.90 Å². The molecular weight excluding hydrogens is 294 g/mol. The van der Waals surface area contributed by atoms with E-state index in [4.69, 9.17) is 0 Å². The van der Waals surface area contributed by atoms with Gasteiger partial charge >= 0.3 is 0 Å². The van der Waals surface area contributed by atoms with Crippen LogP contribution in [0.5, 0.6) is 5.75 Å². The summed E-state index contributed by atoms with van der Waals surface area (Å²) < 4.78 is 0. The molecule has 0 radical (unpaired) electrons. The summed E-state index contributed by atoms with van der Waals surface area (Å²) in [6, 6.07) is 6.60. The number of piperidine rings is 1. The highest BCUT2D eigenvalue weighted by Crippen LogP contribution is 2.49. The molecule has 0 aromatic heterocycles. The molecule has 0 saturated carbocycles. The first-order valence-electron chi connectivity index (χ1n) is 8.11. The molecule has 1 N–H and O–H groups in total. The summed E-state index contributed by atoms with van der Waals surface area (Å²) in [5.41, 5.74) is 4.42. The molecule has 22 heavy (non-hydrogen) atoms. The molecule has 122 valence electrons. The number of phenolic OH excluding ortho intramolecular Hbond substituents is 1. The fourth-order valence-electron chi connectivity index (χ4n) is 4.22. The summed E-state index contributed by atoms with van der Waals surface area (Å²) in [6.45, 7) is 11.4. The SMILES string of the molecule is CC(C)=CCN1CC[C@@]2(C)c3cc(O)ccc3C[C@H]1[C@H]2C.Cl. The summed E-state index contributed by atoms with van der Waals surface area (Å²) in [5.74, 6) is 1.04. The Bertz CT molecular complexity index is 579. The molecule has 2 nitrogen and oxygen atoms in total. The standard InChI is InChI=1S/C19H27NO.ClH/c1-13(2)7-9-20-10-8-19(4)14(3)18(20)11-15-5-6-16(21)12-17(15)19;/h5-7,12,14,18,21H,8-11H2,1-4H3;1H/t14-,18+,19-;/m1./s1. The quantitative estimate of drug-likeness (QED) is 0.821. The number of hydrogen-bond donors (Lipinski definition) is 1. The third-order valence-corrected chi connectivity index (χ3v) is 5.84. The zero-order valence-corrected chi connectivity index (χ0v) is 14.9. The topological polar surface area (TPSA) is 23.5 Å². The van der Waals surface area contributed by atoms with E-state index in [1.807, 2.05) is 12.1 Å². The van der Waals surface area contributed by atoms with E-state index in [0.717, 1.165) is 19.5 Å². The molecule has 2 aliphatic rings. The highest BCUT2D eigenvalue weighted by atomic mass is 35.5. The number of nitrogens with zero attached hydrogens (tertiary/aromatic N) is 1. The number of allylic oxidation sites excluding steroid dienone is 1. The molecular formula is C19H28ClNO. The van der Waals surface area contributed by atoms with Crippen LogP contribution in [-0.2, 0) is 11.8 Å². The van der Waals surface area contributed by atoms with Crippen molar-refractivity contribution < 1.29 is 5.11 Å². The van der Waals surface area contributed by atoms with Crippen LogP contribution in [0.25, 0.3) is 0 Å². The van der Waals surface area contributed by atoms with E-state index < -0.39 is 0 Å². The molecule has 2 bridgehead atoms. The van der Waals surface area contributed by atoms with Crippen molar-refractivity contribution in [1.82, 2.24) is 4.90 Å². The minimum absolute atomic E-state index is 0. The van der Waals surface area contributed by atoms with Gasteiger partial charge in [0.25, 0.3) is 0 Å². The van der Waals surface area contributed by atoms with E-state index >= 15 is 0 Å². The van der Waals surface area contributed by atoms with Gasteiger partial charge in [-0.1, -0.05) is 31.6 Å². The maximum atomic E-state index is 9.87. The molecule has 1 aromatic carbocycles. The molecule has 1 aromatic rings. The van der Waals surface area contributed by atoms with E-state index in [2.05, 4.69) is 44.7 Å². The second kappa shape index (κ2) is 6.25. The van der Waals surface area contributed by atoms with Crippen LogP contribution in [0, 0.1) is 5.92 Å². The van der Waals surface area contributed by atoms with E-state index in [1.54, 1.807) is 0 Å². The summed E-state index contributed by atoms with van der Waals surface area (Å²) in [7, 11) is 0. The molecule has 3 heteroatoms. The van der Waals surface area contributed by atoms with Crippen LogP contribution >= 0.6 is 12.4 Å². The van der Waals surface area contributed by atoms with Crippen LogP contribution in [0.15, 0.2) is 29.8 Å². The van der Waals surface area contributed by atoms with Crippen molar-refractivity contribution in [1.29, 1.82) is 0 Å². The van der Waals surface area contributed by atoms with Crippen molar-refractivity contribution in [2.24, 2.45) is 5.92 Å². The third kappa shape index (κ3) is 2.79. The van der Waals surface area contributed by atoms with Gasteiger partial charge in [-0.05, 0) is 67.8 Å². The van der Waals surface area contributed by atoms with Crippen LogP contribution < -0.4 is 0 Å². The minimum atomic E-state index is 0. The van der Waals surface area contributed by atoms with Gasteiger partial charge in [-0.2, -0.15) is 0 Å². The van der Waals surface area contributed by atoms with Gasteiger partial charge in [0.05, 0.1) is 0 Å². The fraction of sp³-hybridized carbons (Fsp3) is 0.579. The molecule has 1 fully saturated rings. The first-order valence-corrected chi connectivity index (χ1v) is 8.11. The number of rotatable bonds is 2.